The van der Waals surface area contributed by atoms with Crippen molar-refractivity contribution in [3.63, 3.8) is 0 Å². The average Bonchev–Trinajstić information content (AvgIpc) is 2.36. The second kappa shape index (κ2) is 8.67. The number of benzene rings is 1. The lowest BCUT2D eigenvalue weighted by Gasteiger charge is -2.23. The molecule has 1 rings (SSSR count). The fourth-order valence-corrected chi connectivity index (χ4v) is 1.99. The van der Waals surface area contributed by atoms with Crippen LogP contribution in [0.2, 0.25) is 0 Å². The molecule has 19 heavy (non-hydrogen) atoms. The summed E-state index contributed by atoms with van der Waals surface area (Å²) in [4.78, 5) is 14.1. The van der Waals surface area contributed by atoms with Crippen LogP contribution in [0.3, 0.4) is 0 Å². The molecule has 0 aliphatic carbocycles. The van der Waals surface area contributed by atoms with Gasteiger partial charge in [-0.3, -0.25) is 9.69 Å². The van der Waals surface area contributed by atoms with Crippen LogP contribution < -0.4 is 11.1 Å². The number of hydrogen-bond acceptors (Lipinski definition) is 3. The smallest absolute Gasteiger partial charge is 0.238 e. The van der Waals surface area contributed by atoms with E-state index in [0.717, 1.165) is 25.2 Å². The van der Waals surface area contributed by atoms with Crippen molar-refractivity contribution in [2.75, 3.05) is 31.5 Å². The van der Waals surface area contributed by atoms with Crippen molar-refractivity contribution in [2.24, 2.45) is 11.7 Å². The number of anilines is 1. The van der Waals surface area contributed by atoms with Crippen molar-refractivity contribution in [3.8, 4) is 0 Å². The molecule has 0 aliphatic heterocycles. The predicted molar refractivity (Wildman–Crippen MR) is 80.0 cm³/mol. The molecule has 0 heterocycles. The van der Waals surface area contributed by atoms with Crippen LogP contribution in [-0.2, 0) is 4.79 Å². The molecule has 1 aromatic carbocycles. The maximum Gasteiger partial charge on any atom is 0.238 e. The van der Waals surface area contributed by atoms with Crippen LogP contribution in [0.25, 0.3) is 0 Å². The molecule has 4 heteroatoms. The largest absolute Gasteiger partial charge is 0.330 e. The summed E-state index contributed by atoms with van der Waals surface area (Å²) in [5.74, 6) is 0.575. The van der Waals surface area contributed by atoms with E-state index in [4.69, 9.17) is 5.73 Å². The van der Waals surface area contributed by atoms with Gasteiger partial charge in [0.2, 0.25) is 5.91 Å². The van der Waals surface area contributed by atoms with Crippen LogP contribution in [0, 0.1) is 5.92 Å². The van der Waals surface area contributed by atoms with Crippen LogP contribution in [0.1, 0.15) is 20.3 Å². The van der Waals surface area contributed by atoms with E-state index in [-0.39, 0.29) is 5.91 Å². The maximum absolute atomic E-state index is 12.0. The molecule has 0 fully saturated rings. The SMILES string of the molecule is CC(C)CN(CCCN)CC(=O)Nc1ccccc1. The highest BCUT2D eigenvalue weighted by molar-refractivity contribution is 5.92. The normalized spacial score (nSPS) is 11.0. The molecule has 4 nitrogen and oxygen atoms in total. The molecule has 0 saturated carbocycles. The molecule has 3 N–H and O–H groups in total. The van der Waals surface area contributed by atoms with Gasteiger partial charge < -0.3 is 11.1 Å². The third-order valence-corrected chi connectivity index (χ3v) is 2.73. The number of para-hydroxylation sites is 1. The fourth-order valence-electron chi connectivity index (χ4n) is 1.99. The van der Waals surface area contributed by atoms with E-state index in [2.05, 4.69) is 24.1 Å². The first-order valence-electron chi connectivity index (χ1n) is 6.89. The number of rotatable bonds is 8. The molecule has 106 valence electrons. The van der Waals surface area contributed by atoms with E-state index in [9.17, 15) is 4.79 Å². The van der Waals surface area contributed by atoms with E-state index in [0.29, 0.717) is 19.0 Å². The van der Waals surface area contributed by atoms with E-state index in [1.165, 1.54) is 0 Å². The Balaban J connectivity index is 2.45. The number of nitrogens with two attached hydrogens (primary N) is 1. The van der Waals surface area contributed by atoms with Gasteiger partial charge in [0.1, 0.15) is 0 Å². The highest BCUT2D eigenvalue weighted by Crippen LogP contribution is 2.06. The van der Waals surface area contributed by atoms with Gasteiger partial charge in [0.15, 0.2) is 0 Å². The van der Waals surface area contributed by atoms with Crippen molar-refractivity contribution in [3.05, 3.63) is 30.3 Å². The summed E-state index contributed by atoms with van der Waals surface area (Å²) in [5.41, 5.74) is 6.38. The molecular formula is C15H25N3O. The van der Waals surface area contributed by atoms with Gasteiger partial charge in [0, 0.05) is 12.2 Å². The molecule has 0 aromatic heterocycles. The zero-order chi connectivity index (χ0) is 14.1. The molecule has 0 unspecified atom stereocenters. The zero-order valence-corrected chi connectivity index (χ0v) is 11.9. The van der Waals surface area contributed by atoms with E-state index < -0.39 is 0 Å². The third kappa shape index (κ3) is 6.94. The standard InChI is InChI=1S/C15H25N3O/c1-13(2)11-18(10-6-9-16)12-15(19)17-14-7-4-3-5-8-14/h3-5,7-8,13H,6,9-12,16H2,1-2H3,(H,17,19). The number of carbonyl (C=O) groups excluding carboxylic acids is 1. The lowest BCUT2D eigenvalue weighted by molar-refractivity contribution is -0.117. The van der Waals surface area contributed by atoms with Gasteiger partial charge in [0.25, 0.3) is 0 Å². The highest BCUT2D eigenvalue weighted by Gasteiger charge is 2.11. The number of nitrogens with one attached hydrogen (secondary N) is 1. The topological polar surface area (TPSA) is 58.4 Å². The van der Waals surface area contributed by atoms with Gasteiger partial charge in [-0.05, 0) is 37.6 Å². The molecular weight excluding hydrogens is 238 g/mol. The Kier molecular flexibility index (Phi) is 7.15. The molecule has 0 spiro atoms. The summed E-state index contributed by atoms with van der Waals surface area (Å²) < 4.78 is 0. The van der Waals surface area contributed by atoms with Gasteiger partial charge in [-0.25, -0.2) is 0 Å². The summed E-state index contributed by atoms with van der Waals surface area (Å²) in [6.45, 7) is 7.19. The number of carbonyl (C=O) groups is 1. The molecule has 0 bridgehead atoms. The van der Waals surface area contributed by atoms with E-state index in [1.807, 2.05) is 30.3 Å². The van der Waals surface area contributed by atoms with Crippen LogP contribution in [0.5, 0.6) is 0 Å². The minimum absolute atomic E-state index is 0.0314. The number of nitrogens with zero attached hydrogens (tertiary/aromatic N) is 1. The van der Waals surface area contributed by atoms with Crippen molar-refractivity contribution in [1.82, 2.24) is 4.90 Å². The molecule has 0 atom stereocenters. The van der Waals surface area contributed by atoms with Crippen LogP contribution in [-0.4, -0.2) is 37.0 Å². The Labute approximate surface area is 116 Å². The first-order valence-corrected chi connectivity index (χ1v) is 6.89. The first-order chi connectivity index (χ1) is 9.11. The van der Waals surface area contributed by atoms with Gasteiger partial charge in [0.05, 0.1) is 6.54 Å². The summed E-state index contributed by atoms with van der Waals surface area (Å²) in [6.07, 6.45) is 0.922. The minimum atomic E-state index is 0.0314. The maximum atomic E-state index is 12.0. The van der Waals surface area contributed by atoms with Gasteiger partial charge in [-0.1, -0.05) is 32.0 Å². The Morgan fingerprint density at radius 3 is 2.58 bits per heavy atom. The summed E-state index contributed by atoms with van der Waals surface area (Å²) in [7, 11) is 0. The quantitative estimate of drug-likeness (QED) is 0.753. The molecule has 0 saturated heterocycles. The summed E-state index contributed by atoms with van der Waals surface area (Å²) >= 11 is 0. The van der Waals surface area contributed by atoms with Crippen LogP contribution in [0.15, 0.2) is 30.3 Å². The highest BCUT2D eigenvalue weighted by atomic mass is 16.2. The van der Waals surface area contributed by atoms with Crippen molar-refractivity contribution >= 4 is 11.6 Å². The van der Waals surface area contributed by atoms with Crippen molar-refractivity contribution in [2.45, 2.75) is 20.3 Å². The second-order valence-electron chi connectivity index (χ2n) is 5.19. The predicted octanol–water partition coefficient (Wildman–Crippen LogP) is 1.93. The fraction of sp³-hybridized carbons (Fsp3) is 0.533. The van der Waals surface area contributed by atoms with Crippen LogP contribution >= 0.6 is 0 Å². The van der Waals surface area contributed by atoms with Crippen LogP contribution in [0.4, 0.5) is 5.69 Å². The van der Waals surface area contributed by atoms with Gasteiger partial charge in [-0.15, -0.1) is 0 Å². The van der Waals surface area contributed by atoms with E-state index >= 15 is 0 Å². The zero-order valence-electron chi connectivity index (χ0n) is 11.9. The van der Waals surface area contributed by atoms with E-state index in [1.54, 1.807) is 0 Å². The molecule has 1 amide bonds. The van der Waals surface area contributed by atoms with Gasteiger partial charge in [-0.2, -0.15) is 0 Å². The number of amides is 1. The Bertz CT molecular complexity index is 365. The summed E-state index contributed by atoms with van der Waals surface area (Å²) in [6, 6.07) is 9.54. The summed E-state index contributed by atoms with van der Waals surface area (Å²) in [5, 5.41) is 2.91. The van der Waals surface area contributed by atoms with Crippen molar-refractivity contribution in [1.29, 1.82) is 0 Å². The lowest BCUT2D eigenvalue weighted by Crippen LogP contribution is -2.37. The molecule has 0 aliphatic rings. The Hall–Kier alpha value is -1.39. The Morgan fingerprint density at radius 1 is 1.32 bits per heavy atom. The minimum Gasteiger partial charge on any atom is -0.330 e. The second-order valence-corrected chi connectivity index (χ2v) is 5.19. The molecule has 0 radical (unpaired) electrons. The number of hydrogen-bond donors (Lipinski definition) is 2. The lowest BCUT2D eigenvalue weighted by atomic mass is 10.2. The first kappa shape index (κ1) is 15.7. The molecule has 1 aromatic rings. The van der Waals surface area contributed by atoms with Crippen molar-refractivity contribution < 1.29 is 4.79 Å². The monoisotopic (exact) mass is 263 g/mol. The third-order valence-electron chi connectivity index (χ3n) is 2.73. The van der Waals surface area contributed by atoms with Gasteiger partial charge >= 0.3 is 0 Å². The Morgan fingerprint density at radius 2 is 2.00 bits per heavy atom. The average molecular weight is 263 g/mol.